The molecule has 0 fully saturated rings. The van der Waals surface area contributed by atoms with E-state index in [1.54, 1.807) is 12.1 Å². The van der Waals surface area contributed by atoms with Gasteiger partial charge in [-0.25, -0.2) is 4.79 Å². The number of benzene rings is 1. The van der Waals surface area contributed by atoms with Crippen molar-refractivity contribution in [1.29, 1.82) is 0 Å². The molecule has 0 bridgehead atoms. The van der Waals surface area contributed by atoms with Crippen LogP contribution >= 0.6 is 0 Å². The first kappa shape index (κ1) is 33.9. The van der Waals surface area contributed by atoms with Crippen LogP contribution in [-0.2, 0) is 14.3 Å². The Bertz CT molecular complexity index is 1090. The first-order chi connectivity index (χ1) is 19.9. The van der Waals surface area contributed by atoms with Crippen LogP contribution < -0.4 is 4.74 Å². The minimum absolute atomic E-state index is 0.105. The number of ether oxygens (including phenoxy) is 3. The molecule has 1 aliphatic carbocycles. The summed E-state index contributed by atoms with van der Waals surface area (Å²) in [6.45, 7) is 13.8. The fourth-order valence-electron chi connectivity index (χ4n) is 5.73. The third-order valence-corrected chi connectivity index (χ3v) is 8.72. The first-order valence-electron chi connectivity index (χ1n) is 15.6. The van der Waals surface area contributed by atoms with Crippen molar-refractivity contribution >= 4 is 11.5 Å². The first-order valence-corrected chi connectivity index (χ1v) is 15.6. The SMILES string of the molecule is CCC(O)C(O)CCOc1ccc(C2=CC3C=CC(OCC(O)CCCC(C)(CC(C)C)C(C)C)=CC3OC2=O)cc1. The minimum Gasteiger partial charge on any atom is -0.493 e. The number of aliphatic hydroxyl groups excluding tert-OH is 3. The molecule has 1 aromatic rings. The van der Waals surface area contributed by atoms with Gasteiger partial charge in [-0.3, -0.25) is 0 Å². The van der Waals surface area contributed by atoms with Gasteiger partial charge in [0, 0.05) is 12.3 Å². The van der Waals surface area contributed by atoms with Gasteiger partial charge in [0.05, 0.1) is 30.5 Å². The molecule has 0 amide bonds. The van der Waals surface area contributed by atoms with Crippen LogP contribution in [0.25, 0.3) is 5.57 Å². The monoisotopic (exact) mass is 584 g/mol. The van der Waals surface area contributed by atoms with E-state index in [4.69, 9.17) is 14.2 Å². The highest BCUT2D eigenvalue weighted by molar-refractivity contribution is 6.17. The topological polar surface area (TPSA) is 105 Å². The molecule has 0 saturated carbocycles. The highest BCUT2D eigenvalue weighted by atomic mass is 16.5. The number of carbonyl (C=O) groups excluding carboxylic acids is 1. The van der Waals surface area contributed by atoms with E-state index >= 15 is 0 Å². The molecule has 1 aromatic carbocycles. The predicted octanol–water partition coefficient (Wildman–Crippen LogP) is 6.22. The summed E-state index contributed by atoms with van der Waals surface area (Å²) in [6.07, 6.45) is 9.73. The second kappa shape index (κ2) is 15.7. The fourth-order valence-corrected chi connectivity index (χ4v) is 5.73. The van der Waals surface area contributed by atoms with Crippen LogP contribution in [0.2, 0.25) is 0 Å². The van der Waals surface area contributed by atoms with E-state index in [0.29, 0.717) is 48.2 Å². The number of fused-ring (bicyclic) bond motifs is 1. The lowest BCUT2D eigenvalue weighted by Gasteiger charge is -2.36. The molecule has 7 nitrogen and oxygen atoms in total. The van der Waals surface area contributed by atoms with Crippen LogP contribution in [0.1, 0.15) is 85.6 Å². The molecule has 0 radical (unpaired) electrons. The van der Waals surface area contributed by atoms with Crippen molar-refractivity contribution in [3.05, 3.63) is 59.9 Å². The molecule has 0 saturated heterocycles. The molecule has 0 spiro atoms. The number of aliphatic hydroxyl groups is 3. The number of rotatable bonds is 17. The van der Waals surface area contributed by atoms with Crippen LogP contribution in [-0.4, -0.2) is 58.9 Å². The molecule has 1 heterocycles. The molecule has 3 N–H and O–H groups in total. The summed E-state index contributed by atoms with van der Waals surface area (Å²) in [5.74, 6) is 1.96. The summed E-state index contributed by atoms with van der Waals surface area (Å²) in [4.78, 5) is 12.9. The average Bonchev–Trinajstić information content (AvgIpc) is 2.95. The Balaban J connectivity index is 1.48. The van der Waals surface area contributed by atoms with Crippen LogP contribution in [0.3, 0.4) is 0 Å². The number of esters is 1. The standard InChI is InChI=1S/C35H52O7/c1-7-31(37)32(38)16-18-40-28-13-10-25(11-14-28)30-19-26-12-15-29(20-33(26)42-34(30)39)41-22-27(36)9-8-17-35(6,24(4)5)21-23(2)3/h10-15,19-20,23-24,26-27,31-33,36-38H,7-9,16-18,21-22H2,1-6H3. The molecular formula is C35H52O7. The van der Waals surface area contributed by atoms with Crippen molar-refractivity contribution in [1.82, 2.24) is 0 Å². The Morgan fingerprint density at radius 2 is 1.69 bits per heavy atom. The normalized spacial score (nSPS) is 22.0. The third-order valence-electron chi connectivity index (χ3n) is 8.72. The lowest BCUT2D eigenvalue weighted by Crippen LogP contribution is -2.31. The Kier molecular flexibility index (Phi) is 12.7. The minimum atomic E-state index is -0.816. The summed E-state index contributed by atoms with van der Waals surface area (Å²) >= 11 is 0. The quantitative estimate of drug-likeness (QED) is 0.187. The van der Waals surface area contributed by atoms with Gasteiger partial charge in [0.2, 0.25) is 0 Å². The second-order valence-corrected chi connectivity index (χ2v) is 12.9. The molecule has 234 valence electrons. The summed E-state index contributed by atoms with van der Waals surface area (Å²) in [5, 5.41) is 30.1. The number of carbonyl (C=O) groups is 1. The van der Waals surface area contributed by atoms with Crippen LogP contribution in [0.5, 0.6) is 5.75 Å². The Morgan fingerprint density at radius 3 is 2.33 bits per heavy atom. The molecule has 6 unspecified atom stereocenters. The van der Waals surface area contributed by atoms with Gasteiger partial charge in [0.25, 0.3) is 0 Å². The largest absolute Gasteiger partial charge is 0.493 e. The van der Waals surface area contributed by atoms with E-state index < -0.39 is 30.4 Å². The van der Waals surface area contributed by atoms with Gasteiger partial charge >= 0.3 is 5.97 Å². The Labute approximate surface area is 252 Å². The summed E-state index contributed by atoms with van der Waals surface area (Å²) in [5.41, 5.74) is 1.50. The molecule has 3 rings (SSSR count). The van der Waals surface area contributed by atoms with Crippen LogP contribution in [0.15, 0.2) is 54.3 Å². The van der Waals surface area contributed by atoms with E-state index in [1.165, 1.54) is 6.42 Å². The molecule has 42 heavy (non-hydrogen) atoms. The average molecular weight is 585 g/mol. The molecular weight excluding hydrogens is 532 g/mol. The van der Waals surface area contributed by atoms with Crippen molar-refractivity contribution < 1.29 is 34.3 Å². The number of hydrogen-bond donors (Lipinski definition) is 3. The maximum absolute atomic E-state index is 12.9. The van der Waals surface area contributed by atoms with Gasteiger partial charge in [-0.15, -0.1) is 0 Å². The number of hydrogen-bond acceptors (Lipinski definition) is 7. The van der Waals surface area contributed by atoms with Crippen molar-refractivity contribution in [3.8, 4) is 5.75 Å². The van der Waals surface area contributed by atoms with Gasteiger partial charge in [0.15, 0.2) is 0 Å². The Morgan fingerprint density at radius 1 is 0.976 bits per heavy atom. The molecule has 2 aliphatic rings. The van der Waals surface area contributed by atoms with E-state index in [1.807, 2.05) is 43.4 Å². The molecule has 7 heteroatoms. The van der Waals surface area contributed by atoms with Crippen molar-refractivity contribution in [2.45, 2.75) is 104 Å². The lowest BCUT2D eigenvalue weighted by molar-refractivity contribution is -0.141. The summed E-state index contributed by atoms with van der Waals surface area (Å²) in [6, 6.07) is 7.18. The van der Waals surface area contributed by atoms with E-state index in [2.05, 4.69) is 34.6 Å². The predicted molar refractivity (Wildman–Crippen MR) is 166 cm³/mol. The van der Waals surface area contributed by atoms with Crippen LogP contribution in [0, 0.1) is 23.2 Å². The highest BCUT2D eigenvalue weighted by Crippen LogP contribution is 2.39. The van der Waals surface area contributed by atoms with E-state index in [0.717, 1.165) is 18.4 Å². The molecule has 0 aromatic heterocycles. The fraction of sp³-hybridized carbons (Fsp3) is 0.629. The van der Waals surface area contributed by atoms with Gasteiger partial charge in [-0.05, 0) is 72.8 Å². The number of allylic oxidation sites excluding steroid dienone is 1. The van der Waals surface area contributed by atoms with E-state index in [9.17, 15) is 20.1 Å². The maximum atomic E-state index is 12.9. The van der Waals surface area contributed by atoms with Gasteiger partial charge in [-0.2, -0.15) is 0 Å². The lowest BCUT2D eigenvalue weighted by atomic mass is 9.70. The van der Waals surface area contributed by atoms with Crippen molar-refractivity contribution in [3.63, 3.8) is 0 Å². The zero-order valence-electron chi connectivity index (χ0n) is 26.3. The highest BCUT2D eigenvalue weighted by Gasteiger charge is 2.32. The van der Waals surface area contributed by atoms with Gasteiger partial charge in [-0.1, -0.05) is 72.2 Å². The summed E-state index contributed by atoms with van der Waals surface area (Å²) < 4.78 is 17.3. The van der Waals surface area contributed by atoms with Gasteiger partial charge < -0.3 is 29.5 Å². The summed E-state index contributed by atoms with van der Waals surface area (Å²) in [7, 11) is 0. The zero-order valence-corrected chi connectivity index (χ0v) is 26.3. The second-order valence-electron chi connectivity index (χ2n) is 12.9. The third kappa shape index (κ3) is 9.72. The smallest absolute Gasteiger partial charge is 0.339 e. The maximum Gasteiger partial charge on any atom is 0.339 e. The Hall–Kier alpha value is -2.61. The zero-order chi connectivity index (χ0) is 30.9. The van der Waals surface area contributed by atoms with E-state index in [-0.39, 0.29) is 24.5 Å². The van der Waals surface area contributed by atoms with Gasteiger partial charge in [0.1, 0.15) is 24.2 Å². The van der Waals surface area contributed by atoms with Crippen LogP contribution in [0.4, 0.5) is 0 Å². The molecule has 1 aliphatic heterocycles. The van der Waals surface area contributed by atoms with Crippen molar-refractivity contribution in [2.75, 3.05) is 13.2 Å². The van der Waals surface area contributed by atoms with Crippen molar-refractivity contribution in [2.24, 2.45) is 23.2 Å². The molecule has 6 atom stereocenters.